The van der Waals surface area contributed by atoms with Gasteiger partial charge in [0.05, 0.1) is 11.8 Å². The van der Waals surface area contributed by atoms with Crippen molar-refractivity contribution in [3.05, 3.63) is 23.0 Å². The molecular weight excluding hydrogens is 214 g/mol. The lowest BCUT2D eigenvalue weighted by Gasteiger charge is -2.28. The molecule has 2 heterocycles. The maximum atomic E-state index is 9.36. The first-order valence-corrected chi connectivity index (χ1v) is 5.50. The van der Waals surface area contributed by atoms with Crippen LogP contribution < -0.4 is 0 Å². The molecule has 1 aromatic heterocycles. The second kappa shape index (κ2) is 4.88. The Morgan fingerprint density at radius 3 is 2.67 bits per heavy atom. The minimum absolute atomic E-state index is 0.127. The fourth-order valence-electron chi connectivity index (χ4n) is 1.73. The van der Waals surface area contributed by atoms with Crippen LogP contribution in [0.25, 0.3) is 0 Å². The van der Waals surface area contributed by atoms with Crippen molar-refractivity contribution in [2.24, 2.45) is 0 Å². The van der Waals surface area contributed by atoms with Gasteiger partial charge in [-0.15, -0.1) is 5.10 Å². The van der Waals surface area contributed by atoms with E-state index in [-0.39, 0.29) is 6.10 Å². The van der Waals surface area contributed by atoms with Crippen molar-refractivity contribution in [3.8, 4) is 0 Å². The fraction of sp³-hybridized carbons (Fsp3) is 0.600. The van der Waals surface area contributed by atoms with E-state index in [0.717, 1.165) is 38.2 Å². The molecule has 0 spiro atoms. The molecule has 0 aliphatic carbocycles. The fourth-order valence-corrected chi connectivity index (χ4v) is 1.84. The Morgan fingerprint density at radius 2 is 2.07 bits per heavy atom. The molecule has 5 heteroatoms. The summed E-state index contributed by atoms with van der Waals surface area (Å²) in [6.45, 7) is 2.63. The van der Waals surface area contributed by atoms with E-state index in [9.17, 15) is 5.11 Å². The van der Waals surface area contributed by atoms with E-state index in [0.29, 0.717) is 5.15 Å². The van der Waals surface area contributed by atoms with Crippen molar-refractivity contribution >= 4 is 11.6 Å². The lowest BCUT2D eigenvalue weighted by Crippen LogP contribution is -2.35. The molecule has 82 valence electrons. The standard InChI is InChI=1S/C10H14ClN3O/c11-10-2-1-8(12-13-10)7-14-5-3-9(15)4-6-14/h1-2,9,15H,3-7H2. The second-order valence-corrected chi connectivity index (χ2v) is 4.24. The summed E-state index contributed by atoms with van der Waals surface area (Å²) in [5, 5.41) is 17.6. The highest BCUT2D eigenvalue weighted by atomic mass is 35.5. The van der Waals surface area contributed by atoms with Crippen molar-refractivity contribution in [1.82, 2.24) is 15.1 Å². The maximum absolute atomic E-state index is 9.36. The number of nitrogens with zero attached hydrogens (tertiary/aromatic N) is 3. The summed E-state index contributed by atoms with van der Waals surface area (Å²) in [6, 6.07) is 3.64. The third-order valence-electron chi connectivity index (χ3n) is 2.63. The average molecular weight is 228 g/mol. The predicted molar refractivity (Wildman–Crippen MR) is 57.6 cm³/mol. The summed E-state index contributed by atoms with van der Waals surface area (Å²) < 4.78 is 0. The van der Waals surface area contributed by atoms with Gasteiger partial charge in [0.2, 0.25) is 0 Å². The van der Waals surface area contributed by atoms with Gasteiger partial charge in [-0.25, -0.2) is 0 Å². The molecule has 0 saturated carbocycles. The van der Waals surface area contributed by atoms with Gasteiger partial charge in [-0.3, -0.25) is 4.90 Å². The molecule has 1 aliphatic rings. The molecule has 0 aromatic carbocycles. The van der Waals surface area contributed by atoms with E-state index in [1.165, 1.54) is 0 Å². The predicted octanol–water partition coefficient (Wildman–Crippen LogP) is 1.09. The Balaban J connectivity index is 1.89. The Hall–Kier alpha value is -0.710. The van der Waals surface area contributed by atoms with Gasteiger partial charge in [0.15, 0.2) is 5.15 Å². The SMILES string of the molecule is OC1CCN(Cc2ccc(Cl)nn2)CC1. The smallest absolute Gasteiger partial charge is 0.151 e. The number of aliphatic hydroxyl groups is 1. The zero-order valence-corrected chi connectivity index (χ0v) is 9.19. The molecule has 0 radical (unpaired) electrons. The van der Waals surface area contributed by atoms with Gasteiger partial charge in [0.25, 0.3) is 0 Å². The van der Waals surface area contributed by atoms with E-state index < -0.39 is 0 Å². The van der Waals surface area contributed by atoms with Crippen LogP contribution in [0.2, 0.25) is 5.15 Å². The van der Waals surface area contributed by atoms with E-state index in [4.69, 9.17) is 11.6 Å². The average Bonchev–Trinajstić information content (AvgIpc) is 2.25. The molecule has 0 bridgehead atoms. The molecule has 0 amide bonds. The summed E-state index contributed by atoms with van der Waals surface area (Å²) >= 11 is 5.65. The molecule has 2 rings (SSSR count). The van der Waals surface area contributed by atoms with E-state index in [1.807, 2.05) is 6.07 Å². The number of rotatable bonds is 2. The molecule has 15 heavy (non-hydrogen) atoms. The molecule has 1 aliphatic heterocycles. The monoisotopic (exact) mass is 227 g/mol. The summed E-state index contributed by atoms with van der Waals surface area (Å²) in [7, 11) is 0. The third kappa shape index (κ3) is 3.12. The summed E-state index contributed by atoms with van der Waals surface area (Å²) in [6.07, 6.45) is 1.57. The third-order valence-corrected chi connectivity index (χ3v) is 2.83. The number of halogens is 1. The summed E-state index contributed by atoms with van der Waals surface area (Å²) in [5.74, 6) is 0. The van der Waals surface area contributed by atoms with Gasteiger partial charge in [0, 0.05) is 19.6 Å². The van der Waals surface area contributed by atoms with Crippen molar-refractivity contribution in [2.45, 2.75) is 25.5 Å². The number of aromatic nitrogens is 2. The number of piperidine rings is 1. The van der Waals surface area contributed by atoms with Crippen molar-refractivity contribution in [1.29, 1.82) is 0 Å². The van der Waals surface area contributed by atoms with Gasteiger partial charge < -0.3 is 5.11 Å². The second-order valence-electron chi connectivity index (χ2n) is 3.85. The van der Waals surface area contributed by atoms with Gasteiger partial charge in [0.1, 0.15) is 0 Å². The van der Waals surface area contributed by atoms with Crippen molar-refractivity contribution < 1.29 is 5.11 Å². The van der Waals surface area contributed by atoms with Crippen LogP contribution >= 0.6 is 11.6 Å². The normalized spacial score (nSPS) is 19.3. The largest absolute Gasteiger partial charge is 0.393 e. The van der Waals surface area contributed by atoms with Gasteiger partial charge in [-0.1, -0.05) is 11.6 Å². The van der Waals surface area contributed by atoms with Crippen LogP contribution in [0.1, 0.15) is 18.5 Å². The van der Waals surface area contributed by atoms with Crippen LogP contribution in [0.3, 0.4) is 0 Å². The molecule has 0 unspecified atom stereocenters. The topological polar surface area (TPSA) is 49.2 Å². The quantitative estimate of drug-likeness (QED) is 0.822. The maximum Gasteiger partial charge on any atom is 0.151 e. The Morgan fingerprint density at radius 1 is 1.33 bits per heavy atom. The molecule has 1 N–H and O–H groups in total. The molecule has 0 atom stereocenters. The van der Waals surface area contributed by atoms with Crippen LogP contribution in [0, 0.1) is 0 Å². The number of likely N-dealkylation sites (tertiary alicyclic amines) is 1. The van der Waals surface area contributed by atoms with Gasteiger partial charge in [-0.05, 0) is 25.0 Å². The highest BCUT2D eigenvalue weighted by molar-refractivity contribution is 6.29. The minimum Gasteiger partial charge on any atom is -0.393 e. The van der Waals surface area contributed by atoms with Crippen LogP contribution in [0.5, 0.6) is 0 Å². The van der Waals surface area contributed by atoms with E-state index >= 15 is 0 Å². The molecule has 1 fully saturated rings. The van der Waals surface area contributed by atoms with Crippen LogP contribution in [0.15, 0.2) is 12.1 Å². The highest BCUT2D eigenvalue weighted by Gasteiger charge is 2.17. The molecule has 1 aromatic rings. The number of aliphatic hydroxyl groups excluding tert-OH is 1. The lowest BCUT2D eigenvalue weighted by atomic mass is 10.1. The van der Waals surface area contributed by atoms with Gasteiger partial charge >= 0.3 is 0 Å². The van der Waals surface area contributed by atoms with Crippen LogP contribution in [-0.4, -0.2) is 39.4 Å². The zero-order chi connectivity index (χ0) is 10.7. The Kier molecular flexibility index (Phi) is 3.51. The van der Waals surface area contributed by atoms with Crippen molar-refractivity contribution in [3.63, 3.8) is 0 Å². The van der Waals surface area contributed by atoms with Crippen molar-refractivity contribution in [2.75, 3.05) is 13.1 Å². The Bertz CT molecular complexity index is 309. The van der Waals surface area contributed by atoms with Gasteiger partial charge in [-0.2, -0.15) is 5.10 Å². The van der Waals surface area contributed by atoms with Crippen LogP contribution in [0.4, 0.5) is 0 Å². The first kappa shape index (κ1) is 10.8. The van der Waals surface area contributed by atoms with E-state index in [1.54, 1.807) is 6.07 Å². The number of hydrogen-bond acceptors (Lipinski definition) is 4. The molecule has 4 nitrogen and oxygen atoms in total. The number of hydrogen-bond donors (Lipinski definition) is 1. The highest BCUT2D eigenvalue weighted by Crippen LogP contribution is 2.12. The minimum atomic E-state index is -0.127. The Labute approximate surface area is 93.9 Å². The molecular formula is C10H14ClN3O. The van der Waals surface area contributed by atoms with Crippen LogP contribution in [-0.2, 0) is 6.54 Å². The summed E-state index contributed by atoms with van der Waals surface area (Å²) in [4.78, 5) is 2.27. The lowest BCUT2D eigenvalue weighted by molar-refractivity contribution is 0.0785. The molecule has 1 saturated heterocycles. The first-order chi connectivity index (χ1) is 7.24. The first-order valence-electron chi connectivity index (χ1n) is 5.12. The summed E-state index contributed by atoms with van der Waals surface area (Å²) in [5.41, 5.74) is 0.927. The van der Waals surface area contributed by atoms with E-state index in [2.05, 4.69) is 15.1 Å². The zero-order valence-electron chi connectivity index (χ0n) is 8.43.